The monoisotopic (exact) mass is 434 g/mol. The summed E-state index contributed by atoms with van der Waals surface area (Å²) in [4.78, 5) is 48.6. The molecule has 1 saturated heterocycles. The molecule has 0 N–H and O–H groups in total. The van der Waals surface area contributed by atoms with Crippen molar-refractivity contribution in [3.05, 3.63) is 93.1 Å². The van der Waals surface area contributed by atoms with Gasteiger partial charge in [0.15, 0.2) is 5.78 Å². The lowest BCUT2D eigenvalue weighted by atomic mass is 10.1. The zero-order chi connectivity index (χ0) is 22.0. The average Bonchev–Trinajstić information content (AvgIpc) is 3.35. The summed E-state index contributed by atoms with van der Waals surface area (Å²) in [5.41, 5.74) is 1.02. The first-order chi connectivity index (χ1) is 14.9. The topological polar surface area (TPSA) is 111 Å². The minimum absolute atomic E-state index is 0.0331. The zero-order valence-electron chi connectivity index (χ0n) is 15.9. The smallest absolute Gasteiger partial charge is 0.293 e. The maximum Gasteiger partial charge on any atom is 0.293 e. The summed E-state index contributed by atoms with van der Waals surface area (Å²) in [6.07, 6.45) is 1.44. The van der Waals surface area contributed by atoms with Gasteiger partial charge >= 0.3 is 0 Å². The molecule has 4 rings (SSSR count). The van der Waals surface area contributed by atoms with Crippen LogP contribution in [0.25, 0.3) is 17.4 Å². The van der Waals surface area contributed by atoms with Crippen LogP contribution >= 0.6 is 11.8 Å². The molecule has 0 aliphatic carbocycles. The van der Waals surface area contributed by atoms with Gasteiger partial charge in [0.2, 0.25) is 0 Å². The Balaban J connectivity index is 1.49. The summed E-state index contributed by atoms with van der Waals surface area (Å²) in [6, 6.07) is 17.6. The molecule has 0 radical (unpaired) electrons. The molecule has 2 amide bonds. The van der Waals surface area contributed by atoms with Crippen LogP contribution < -0.4 is 0 Å². The Morgan fingerprint density at radius 3 is 2.42 bits per heavy atom. The van der Waals surface area contributed by atoms with Crippen molar-refractivity contribution in [2.24, 2.45) is 0 Å². The number of nitrogens with zero attached hydrogens (tertiary/aromatic N) is 2. The number of non-ortho nitro benzene ring substituents is 1. The van der Waals surface area contributed by atoms with Gasteiger partial charge < -0.3 is 4.42 Å². The number of furan rings is 1. The van der Waals surface area contributed by atoms with E-state index in [1.165, 1.54) is 18.2 Å². The second kappa shape index (κ2) is 8.41. The van der Waals surface area contributed by atoms with Crippen molar-refractivity contribution < 1.29 is 23.7 Å². The molecule has 154 valence electrons. The number of nitro benzene ring substituents is 1. The SMILES string of the molecule is O=C(CN1C(=O)S/C(=C/c2ccc(-c3ccc([N+](=O)[O-])cc3)o2)C1=O)c1ccccc1. The molecule has 0 bridgehead atoms. The van der Waals surface area contributed by atoms with Crippen LogP contribution in [0.1, 0.15) is 16.1 Å². The molecule has 0 unspecified atom stereocenters. The average molecular weight is 434 g/mol. The number of hydrogen-bond acceptors (Lipinski definition) is 7. The lowest BCUT2D eigenvalue weighted by molar-refractivity contribution is -0.384. The molecule has 0 spiro atoms. The van der Waals surface area contributed by atoms with Crippen molar-refractivity contribution in [2.75, 3.05) is 6.54 Å². The van der Waals surface area contributed by atoms with Crippen molar-refractivity contribution in [1.29, 1.82) is 0 Å². The van der Waals surface area contributed by atoms with Crippen LogP contribution in [0, 0.1) is 10.1 Å². The van der Waals surface area contributed by atoms with Crippen molar-refractivity contribution in [3.8, 4) is 11.3 Å². The Morgan fingerprint density at radius 2 is 1.74 bits per heavy atom. The highest BCUT2D eigenvalue weighted by Crippen LogP contribution is 2.33. The first kappa shape index (κ1) is 20.3. The number of imide groups is 1. The summed E-state index contributed by atoms with van der Waals surface area (Å²) in [7, 11) is 0. The third-order valence-corrected chi connectivity index (χ3v) is 5.44. The van der Waals surface area contributed by atoms with Crippen LogP contribution in [-0.4, -0.2) is 33.3 Å². The Bertz CT molecular complexity index is 1210. The van der Waals surface area contributed by atoms with Gasteiger partial charge in [-0.1, -0.05) is 30.3 Å². The van der Waals surface area contributed by atoms with E-state index in [1.54, 1.807) is 54.6 Å². The Kier molecular flexibility index (Phi) is 5.50. The van der Waals surface area contributed by atoms with Crippen LogP contribution in [0.5, 0.6) is 0 Å². The van der Waals surface area contributed by atoms with E-state index in [0.29, 0.717) is 22.6 Å². The van der Waals surface area contributed by atoms with E-state index >= 15 is 0 Å². The highest BCUT2D eigenvalue weighted by Gasteiger charge is 2.36. The third-order valence-electron chi connectivity index (χ3n) is 4.53. The quantitative estimate of drug-likeness (QED) is 0.238. The molecule has 0 saturated carbocycles. The molecule has 1 aliphatic rings. The number of rotatable bonds is 6. The molecule has 2 heterocycles. The van der Waals surface area contributed by atoms with E-state index in [1.807, 2.05) is 0 Å². The van der Waals surface area contributed by atoms with E-state index in [9.17, 15) is 24.5 Å². The molecule has 0 atom stereocenters. The molecule has 2 aromatic carbocycles. The largest absolute Gasteiger partial charge is 0.457 e. The third kappa shape index (κ3) is 4.31. The van der Waals surface area contributed by atoms with Crippen molar-refractivity contribution in [1.82, 2.24) is 4.90 Å². The van der Waals surface area contributed by atoms with Gasteiger partial charge in [0.1, 0.15) is 11.5 Å². The summed E-state index contributed by atoms with van der Waals surface area (Å²) < 4.78 is 5.69. The first-order valence-electron chi connectivity index (χ1n) is 9.10. The second-order valence-corrected chi connectivity index (χ2v) is 7.56. The minimum Gasteiger partial charge on any atom is -0.457 e. The van der Waals surface area contributed by atoms with Crippen LogP contribution in [-0.2, 0) is 4.79 Å². The predicted octanol–water partition coefficient (Wildman–Crippen LogP) is 4.77. The molecule has 3 aromatic rings. The molecule has 8 nitrogen and oxygen atoms in total. The van der Waals surface area contributed by atoms with Crippen LogP contribution in [0.2, 0.25) is 0 Å². The fraction of sp³-hybridized carbons (Fsp3) is 0.0455. The van der Waals surface area contributed by atoms with Gasteiger partial charge in [-0.25, -0.2) is 0 Å². The van der Waals surface area contributed by atoms with Gasteiger partial charge in [-0.2, -0.15) is 0 Å². The maximum atomic E-state index is 12.6. The molecule has 1 fully saturated rings. The zero-order valence-corrected chi connectivity index (χ0v) is 16.7. The van der Waals surface area contributed by atoms with E-state index in [2.05, 4.69) is 0 Å². The Labute approximate surface area is 180 Å². The van der Waals surface area contributed by atoms with E-state index in [-0.39, 0.29) is 22.9 Å². The van der Waals surface area contributed by atoms with Crippen molar-refractivity contribution in [2.45, 2.75) is 0 Å². The molecule has 9 heteroatoms. The highest BCUT2D eigenvalue weighted by atomic mass is 32.2. The number of carbonyl (C=O) groups is 3. The summed E-state index contributed by atoms with van der Waals surface area (Å²) in [5.74, 6) is -0.0944. The number of benzene rings is 2. The van der Waals surface area contributed by atoms with E-state index in [4.69, 9.17) is 4.42 Å². The van der Waals surface area contributed by atoms with Gasteiger partial charge in [-0.05, 0) is 36.0 Å². The molecule has 31 heavy (non-hydrogen) atoms. The standard InChI is InChI=1S/C22H14N2O6S/c25-18(14-4-2-1-3-5-14)13-23-21(26)20(31-22(23)27)12-17-10-11-19(30-17)15-6-8-16(9-7-15)24(28)29/h1-12H,13H2/b20-12+. The fourth-order valence-corrected chi connectivity index (χ4v) is 3.78. The number of hydrogen-bond donors (Lipinski definition) is 0. The number of Topliss-reactive ketones (excluding diaryl/α,β-unsaturated/α-hetero) is 1. The van der Waals surface area contributed by atoms with E-state index in [0.717, 1.165) is 16.7 Å². The fourth-order valence-electron chi connectivity index (χ4n) is 2.96. The highest BCUT2D eigenvalue weighted by molar-refractivity contribution is 8.18. The van der Waals surface area contributed by atoms with Gasteiger partial charge in [0.05, 0.1) is 16.4 Å². The first-order valence-corrected chi connectivity index (χ1v) is 9.92. The molecule has 1 aromatic heterocycles. The minimum atomic E-state index is -0.562. The van der Waals surface area contributed by atoms with Crippen LogP contribution in [0.4, 0.5) is 10.5 Å². The lowest BCUT2D eigenvalue weighted by Crippen LogP contribution is -2.33. The van der Waals surface area contributed by atoms with Gasteiger partial charge in [-0.15, -0.1) is 0 Å². The van der Waals surface area contributed by atoms with Gasteiger partial charge in [-0.3, -0.25) is 29.4 Å². The second-order valence-electron chi connectivity index (χ2n) is 6.56. The van der Waals surface area contributed by atoms with Gasteiger partial charge in [0.25, 0.3) is 16.8 Å². The molecule has 1 aliphatic heterocycles. The van der Waals surface area contributed by atoms with E-state index < -0.39 is 16.1 Å². The van der Waals surface area contributed by atoms with Crippen LogP contribution in [0.3, 0.4) is 0 Å². The summed E-state index contributed by atoms with van der Waals surface area (Å²) in [5, 5.41) is 10.2. The number of carbonyl (C=O) groups excluding carboxylic acids is 3. The van der Waals surface area contributed by atoms with Gasteiger partial charge in [0, 0.05) is 29.3 Å². The normalized spacial score (nSPS) is 15.0. The summed E-state index contributed by atoms with van der Waals surface area (Å²) >= 11 is 0.735. The molecular weight excluding hydrogens is 420 g/mol. The number of nitro groups is 1. The molecular formula is C22H14N2O6S. The van der Waals surface area contributed by atoms with Crippen molar-refractivity contribution in [3.63, 3.8) is 0 Å². The number of ketones is 1. The predicted molar refractivity (Wildman–Crippen MR) is 114 cm³/mol. The maximum absolute atomic E-state index is 12.6. The van der Waals surface area contributed by atoms with Crippen molar-refractivity contribution >= 4 is 40.5 Å². The lowest BCUT2D eigenvalue weighted by Gasteiger charge is -2.11. The number of thioether (sulfide) groups is 1. The van der Waals surface area contributed by atoms with Crippen LogP contribution in [0.15, 0.2) is 76.1 Å². The number of amides is 2. The Hall–Kier alpha value is -3.98. The summed E-state index contributed by atoms with van der Waals surface area (Å²) in [6.45, 7) is -0.335. The Morgan fingerprint density at radius 1 is 1.03 bits per heavy atom.